The Labute approximate surface area is 109 Å². The van der Waals surface area contributed by atoms with Gasteiger partial charge >= 0.3 is 0 Å². The highest BCUT2D eigenvalue weighted by Crippen LogP contribution is 2.33. The summed E-state index contributed by atoms with van der Waals surface area (Å²) in [6.45, 7) is -0.0108. The van der Waals surface area contributed by atoms with Crippen molar-refractivity contribution in [2.24, 2.45) is 0 Å². The van der Waals surface area contributed by atoms with Crippen LogP contribution in [0.1, 0.15) is 23.2 Å². The van der Waals surface area contributed by atoms with Gasteiger partial charge in [-0.1, -0.05) is 11.6 Å². The van der Waals surface area contributed by atoms with Crippen molar-refractivity contribution < 1.29 is 19.4 Å². The molecule has 98 valence electrons. The Hall–Kier alpha value is -1.33. The van der Waals surface area contributed by atoms with Gasteiger partial charge < -0.3 is 15.1 Å². The number of aliphatic hydroxyl groups is 1. The fraction of sp³-hybridized carbons (Fsp3) is 0.417. The van der Waals surface area contributed by atoms with E-state index in [4.69, 9.17) is 16.7 Å². The van der Waals surface area contributed by atoms with Crippen LogP contribution in [0.4, 0.5) is 4.39 Å². The summed E-state index contributed by atoms with van der Waals surface area (Å²) in [5.74, 6) is -1.61. The Balaban J connectivity index is 2.31. The molecule has 0 aliphatic heterocycles. The van der Waals surface area contributed by atoms with Gasteiger partial charge in [0.25, 0.3) is 5.91 Å². The molecule has 0 saturated heterocycles. The topological polar surface area (TPSA) is 60.8 Å². The maximum atomic E-state index is 13.2. The highest BCUT2D eigenvalue weighted by Gasteiger charge is 2.34. The second kappa shape index (κ2) is 5.12. The van der Waals surface area contributed by atoms with Crippen molar-refractivity contribution >= 4 is 17.5 Å². The van der Waals surface area contributed by atoms with Gasteiger partial charge in [0.15, 0.2) is 0 Å². The van der Waals surface area contributed by atoms with Crippen LogP contribution in [0.3, 0.4) is 0 Å². The van der Waals surface area contributed by atoms with E-state index in [1.54, 1.807) is 0 Å². The first-order chi connectivity index (χ1) is 8.54. The summed E-state index contributed by atoms with van der Waals surface area (Å²) in [5, 5.41) is 18.4. The SMILES string of the molecule is O=C(c1cc(F)cc(Cl)c1O)N(CCO)C1CC1. The Kier molecular flexibility index (Phi) is 3.73. The number of hydrogen-bond acceptors (Lipinski definition) is 3. The lowest BCUT2D eigenvalue weighted by molar-refractivity contribution is 0.0704. The average molecular weight is 274 g/mol. The predicted octanol–water partition coefficient (Wildman–Crippen LogP) is 1.78. The lowest BCUT2D eigenvalue weighted by Gasteiger charge is -2.22. The van der Waals surface area contributed by atoms with Crippen molar-refractivity contribution in [3.8, 4) is 5.75 Å². The summed E-state index contributed by atoms with van der Waals surface area (Å²) in [7, 11) is 0. The molecule has 0 bridgehead atoms. The van der Waals surface area contributed by atoms with Crippen molar-refractivity contribution in [3.05, 3.63) is 28.5 Å². The first-order valence-corrected chi connectivity index (χ1v) is 6.02. The van der Waals surface area contributed by atoms with Crippen molar-refractivity contribution in [2.45, 2.75) is 18.9 Å². The van der Waals surface area contributed by atoms with E-state index in [9.17, 15) is 14.3 Å². The lowest BCUT2D eigenvalue weighted by Crippen LogP contribution is -2.35. The van der Waals surface area contributed by atoms with Crippen molar-refractivity contribution in [1.29, 1.82) is 0 Å². The monoisotopic (exact) mass is 273 g/mol. The maximum absolute atomic E-state index is 13.2. The summed E-state index contributed by atoms with van der Waals surface area (Å²) in [5.41, 5.74) is -0.166. The number of carbonyl (C=O) groups is 1. The van der Waals surface area contributed by atoms with E-state index in [0.717, 1.165) is 25.0 Å². The van der Waals surface area contributed by atoms with Gasteiger partial charge in [-0.2, -0.15) is 0 Å². The van der Waals surface area contributed by atoms with E-state index < -0.39 is 17.5 Å². The van der Waals surface area contributed by atoms with Crippen molar-refractivity contribution in [2.75, 3.05) is 13.2 Å². The van der Waals surface area contributed by atoms with Crippen LogP contribution in [-0.2, 0) is 0 Å². The molecule has 0 unspecified atom stereocenters. The molecule has 0 radical (unpaired) electrons. The van der Waals surface area contributed by atoms with E-state index in [-0.39, 0.29) is 29.8 Å². The van der Waals surface area contributed by atoms with E-state index in [2.05, 4.69) is 0 Å². The van der Waals surface area contributed by atoms with Crippen molar-refractivity contribution in [1.82, 2.24) is 4.90 Å². The van der Waals surface area contributed by atoms with E-state index in [1.807, 2.05) is 0 Å². The summed E-state index contributed by atoms with van der Waals surface area (Å²) in [6.07, 6.45) is 1.71. The Bertz CT molecular complexity index is 477. The quantitative estimate of drug-likeness (QED) is 0.879. The summed E-state index contributed by atoms with van der Waals surface area (Å²) in [4.78, 5) is 13.6. The van der Waals surface area contributed by atoms with Gasteiger partial charge in [-0.05, 0) is 25.0 Å². The third-order valence-corrected chi connectivity index (χ3v) is 3.14. The molecule has 18 heavy (non-hydrogen) atoms. The second-order valence-corrected chi connectivity index (χ2v) is 4.64. The van der Waals surface area contributed by atoms with Crippen LogP contribution in [0.5, 0.6) is 5.75 Å². The van der Waals surface area contributed by atoms with Gasteiger partial charge in [0.1, 0.15) is 11.6 Å². The molecule has 2 N–H and O–H groups in total. The van der Waals surface area contributed by atoms with E-state index in [1.165, 1.54) is 4.90 Å². The zero-order valence-corrected chi connectivity index (χ0v) is 10.3. The zero-order valence-electron chi connectivity index (χ0n) is 9.57. The van der Waals surface area contributed by atoms with Crippen molar-refractivity contribution in [3.63, 3.8) is 0 Å². The smallest absolute Gasteiger partial charge is 0.258 e. The van der Waals surface area contributed by atoms with Gasteiger partial charge in [-0.25, -0.2) is 4.39 Å². The minimum absolute atomic E-state index is 0.0612. The maximum Gasteiger partial charge on any atom is 0.258 e. The molecule has 1 aromatic carbocycles. The number of hydrogen-bond donors (Lipinski definition) is 2. The molecular formula is C12H13ClFNO3. The highest BCUT2D eigenvalue weighted by molar-refractivity contribution is 6.32. The van der Waals surface area contributed by atoms with Gasteiger partial charge in [-0.15, -0.1) is 0 Å². The van der Waals surface area contributed by atoms with Crippen LogP contribution in [0.25, 0.3) is 0 Å². The minimum Gasteiger partial charge on any atom is -0.506 e. The number of benzene rings is 1. The number of carbonyl (C=O) groups excluding carboxylic acids is 1. The largest absolute Gasteiger partial charge is 0.506 e. The summed E-state index contributed by atoms with van der Waals surface area (Å²) in [6, 6.07) is 1.96. The van der Waals surface area contributed by atoms with E-state index >= 15 is 0 Å². The normalized spacial score (nSPS) is 14.6. The number of phenolic OH excluding ortho intramolecular Hbond substituents is 1. The van der Waals surface area contributed by atoms with Gasteiger partial charge in [0.05, 0.1) is 17.2 Å². The fourth-order valence-electron chi connectivity index (χ4n) is 1.83. The van der Waals surface area contributed by atoms with Gasteiger partial charge in [0.2, 0.25) is 0 Å². The van der Waals surface area contributed by atoms with Crippen LogP contribution >= 0.6 is 11.6 Å². The predicted molar refractivity (Wildman–Crippen MR) is 64.2 cm³/mol. The molecule has 1 aliphatic carbocycles. The first-order valence-electron chi connectivity index (χ1n) is 5.64. The molecular weight excluding hydrogens is 261 g/mol. The second-order valence-electron chi connectivity index (χ2n) is 4.24. The van der Waals surface area contributed by atoms with Crippen LogP contribution in [0.15, 0.2) is 12.1 Å². The number of aromatic hydroxyl groups is 1. The fourth-order valence-corrected chi connectivity index (χ4v) is 2.03. The Morgan fingerprint density at radius 1 is 1.50 bits per heavy atom. The molecule has 0 atom stereocenters. The van der Waals surface area contributed by atoms with Crippen LogP contribution in [0, 0.1) is 5.82 Å². The third-order valence-electron chi connectivity index (χ3n) is 2.85. The Morgan fingerprint density at radius 2 is 2.17 bits per heavy atom. The molecule has 1 saturated carbocycles. The number of amides is 1. The summed E-state index contributed by atoms with van der Waals surface area (Å²) >= 11 is 5.63. The molecule has 0 aromatic heterocycles. The molecule has 0 spiro atoms. The number of halogens is 2. The first kappa shape index (κ1) is 13.1. The third kappa shape index (κ3) is 2.57. The molecule has 2 rings (SSSR count). The molecule has 4 nitrogen and oxygen atoms in total. The molecule has 6 heteroatoms. The number of rotatable bonds is 4. The number of aliphatic hydroxyl groups excluding tert-OH is 1. The van der Waals surface area contributed by atoms with E-state index in [0.29, 0.717) is 0 Å². The Morgan fingerprint density at radius 3 is 2.72 bits per heavy atom. The summed E-state index contributed by atoms with van der Waals surface area (Å²) < 4.78 is 13.2. The minimum atomic E-state index is -0.680. The van der Waals surface area contributed by atoms with Crippen LogP contribution in [-0.4, -0.2) is 40.2 Å². The standard InChI is InChI=1S/C12H13ClFNO3/c13-10-6-7(14)5-9(11(10)17)12(18)15(3-4-16)8-1-2-8/h5-6,8,16-17H,1-4H2. The van der Waals surface area contributed by atoms with Gasteiger partial charge in [0, 0.05) is 12.6 Å². The molecule has 1 amide bonds. The zero-order chi connectivity index (χ0) is 13.3. The molecule has 1 aromatic rings. The van der Waals surface area contributed by atoms with Crippen LogP contribution < -0.4 is 0 Å². The number of nitrogens with zero attached hydrogens (tertiary/aromatic N) is 1. The molecule has 1 aliphatic rings. The average Bonchev–Trinajstić information content (AvgIpc) is 3.14. The molecule has 1 fully saturated rings. The van der Waals surface area contributed by atoms with Gasteiger partial charge in [-0.3, -0.25) is 4.79 Å². The molecule has 0 heterocycles. The highest BCUT2D eigenvalue weighted by atomic mass is 35.5. The van der Waals surface area contributed by atoms with Crippen LogP contribution in [0.2, 0.25) is 5.02 Å². The lowest BCUT2D eigenvalue weighted by atomic mass is 10.1. The number of phenols is 1.